The van der Waals surface area contributed by atoms with Gasteiger partial charge < -0.3 is 9.84 Å². The fourth-order valence-corrected chi connectivity index (χ4v) is 3.78. The summed E-state index contributed by atoms with van der Waals surface area (Å²) in [4.78, 5) is 0. The van der Waals surface area contributed by atoms with Crippen molar-refractivity contribution in [3.05, 3.63) is 47.2 Å². The predicted octanol–water partition coefficient (Wildman–Crippen LogP) is 3.70. The summed E-state index contributed by atoms with van der Waals surface area (Å²) in [6.07, 6.45) is 5.42. The molecule has 108 valence electrons. The number of hydrogen-bond donors (Lipinski definition) is 1. The summed E-state index contributed by atoms with van der Waals surface area (Å²) in [5.41, 5.74) is 2.85. The number of benzene rings is 1. The summed E-state index contributed by atoms with van der Waals surface area (Å²) >= 11 is 0. The second kappa shape index (κ2) is 5.61. The molecule has 0 bridgehead atoms. The fraction of sp³-hybridized carbons (Fsp3) is 0.556. The first-order chi connectivity index (χ1) is 9.74. The number of allylic oxidation sites excluding steroid dienone is 2. The maximum absolute atomic E-state index is 9.76. The molecule has 20 heavy (non-hydrogen) atoms. The molecule has 3 rings (SSSR count). The Morgan fingerprint density at radius 2 is 2.10 bits per heavy atom. The van der Waals surface area contributed by atoms with Crippen LogP contribution in [0, 0.1) is 11.3 Å². The van der Waals surface area contributed by atoms with Gasteiger partial charge in [-0.05, 0) is 49.2 Å². The summed E-state index contributed by atoms with van der Waals surface area (Å²) in [6, 6.07) is 10.6. The van der Waals surface area contributed by atoms with Gasteiger partial charge in [-0.25, -0.2) is 0 Å². The highest BCUT2D eigenvalue weighted by molar-refractivity contribution is 5.28. The minimum atomic E-state index is 0.0142. The van der Waals surface area contributed by atoms with Gasteiger partial charge in [0, 0.05) is 12.0 Å². The number of rotatable bonds is 4. The molecule has 0 amide bonds. The fourth-order valence-electron chi connectivity index (χ4n) is 3.78. The highest BCUT2D eigenvalue weighted by Gasteiger charge is 2.46. The Hall–Kier alpha value is -1.28. The lowest BCUT2D eigenvalue weighted by Crippen LogP contribution is -2.30. The molecule has 0 spiro atoms. The number of hydrogen-bond acceptors (Lipinski definition) is 2. The molecule has 2 heteroatoms. The molecule has 1 aromatic carbocycles. The molecule has 1 aliphatic carbocycles. The molecule has 1 aromatic rings. The molecule has 0 saturated carbocycles. The van der Waals surface area contributed by atoms with E-state index < -0.39 is 0 Å². The van der Waals surface area contributed by atoms with E-state index in [0.29, 0.717) is 5.92 Å². The maximum Gasteiger partial charge on any atom is 0.101 e. The van der Waals surface area contributed by atoms with E-state index in [1.807, 2.05) is 0 Å². The van der Waals surface area contributed by atoms with Crippen molar-refractivity contribution in [2.24, 2.45) is 11.3 Å². The smallest absolute Gasteiger partial charge is 0.101 e. The van der Waals surface area contributed by atoms with E-state index in [0.717, 1.165) is 38.7 Å². The maximum atomic E-state index is 9.76. The van der Waals surface area contributed by atoms with Gasteiger partial charge in [0.25, 0.3) is 0 Å². The zero-order chi connectivity index (χ0) is 14.0. The van der Waals surface area contributed by atoms with E-state index >= 15 is 0 Å². The highest BCUT2D eigenvalue weighted by atomic mass is 16.5. The lowest BCUT2D eigenvalue weighted by atomic mass is 9.75. The van der Waals surface area contributed by atoms with Crippen LogP contribution >= 0.6 is 0 Å². The molecule has 0 aromatic heterocycles. The average Bonchev–Trinajstić information content (AvgIpc) is 2.80. The molecule has 2 unspecified atom stereocenters. The largest absolute Gasteiger partial charge is 0.497 e. The zero-order valence-corrected chi connectivity index (χ0v) is 12.3. The predicted molar refractivity (Wildman–Crippen MR) is 80.3 cm³/mol. The summed E-state index contributed by atoms with van der Waals surface area (Å²) in [6.45, 7) is 3.39. The third-order valence-electron chi connectivity index (χ3n) is 5.10. The molecular weight excluding hydrogens is 248 g/mol. The van der Waals surface area contributed by atoms with Crippen molar-refractivity contribution in [1.82, 2.24) is 0 Å². The van der Waals surface area contributed by atoms with Crippen molar-refractivity contribution < 1.29 is 9.84 Å². The SMILES string of the molecule is CC1(CCc2ccccc2)C2=C(CCCO2)CC1CO. The number of aliphatic hydroxyl groups excluding tert-OH is 1. The van der Waals surface area contributed by atoms with Crippen LogP contribution in [-0.2, 0) is 11.2 Å². The van der Waals surface area contributed by atoms with Crippen LogP contribution in [-0.4, -0.2) is 18.3 Å². The Bertz CT molecular complexity index is 491. The third kappa shape index (κ3) is 2.37. The molecule has 0 radical (unpaired) electrons. The molecule has 0 fully saturated rings. The summed E-state index contributed by atoms with van der Waals surface area (Å²) in [7, 11) is 0. The van der Waals surface area contributed by atoms with E-state index in [4.69, 9.17) is 4.74 Å². The summed E-state index contributed by atoms with van der Waals surface area (Å²) < 4.78 is 6.01. The monoisotopic (exact) mass is 272 g/mol. The van der Waals surface area contributed by atoms with Crippen molar-refractivity contribution >= 4 is 0 Å². The molecule has 2 nitrogen and oxygen atoms in total. The lowest BCUT2D eigenvalue weighted by molar-refractivity contribution is 0.0695. The second-order valence-electron chi connectivity index (χ2n) is 6.37. The van der Waals surface area contributed by atoms with Gasteiger partial charge in [-0.15, -0.1) is 0 Å². The highest BCUT2D eigenvalue weighted by Crippen LogP contribution is 2.52. The van der Waals surface area contributed by atoms with E-state index in [-0.39, 0.29) is 12.0 Å². The molecular formula is C18H24O2. The van der Waals surface area contributed by atoms with Crippen LogP contribution in [0.15, 0.2) is 41.7 Å². The normalized spacial score (nSPS) is 29.2. The van der Waals surface area contributed by atoms with E-state index in [1.165, 1.54) is 16.9 Å². The van der Waals surface area contributed by atoms with Crippen molar-refractivity contribution in [2.45, 2.75) is 39.0 Å². The Labute approximate surface area is 121 Å². The molecule has 2 aliphatic rings. The summed E-state index contributed by atoms with van der Waals surface area (Å²) in [5, 5.41) is 9.76. The third-order valence-corrected chi connectivity index (χ3v) is 5.10. The quantitative estimate of drug-likeness (QED) is 0.905. The van der Waals surface area contributed by atoms with E-state index in [2.05, 4.69) is 37.3 Å². The van der Waals surface area contributed by atoms with Crippen molar-refractivity contribution in [3.8, 4) is 0 Å². The van der Waals surface area contributed by atoms with Gasteiger partial charge in [0.1, 0.15) is 5.76 Å². The van der Waals surface area contributed by atoms with Crippen LogP contribution in [0.5, 0.6) is 0 Å². The minimum Gasteiger partial charge on any atom is -0.497 e. The molecule has 1 N–H and O–H groups in total. The van der Waals surface area contributed by atoms with Crippen molar-refractivity contribution in [3.63, 3.8) is 0 Å². The van der Waals surface area contributed by atoms with Crippen LogP contribution in [0.3, 0.4) is 0 Å². The topological polar surface area (TPSA) is 29.5 Å². The Balaban J connectivity index is 1.78. The number of ether oxygens (including phenoxy) is 1. The van der Waals surface area contributed by atoms with E-state index in [9.17, 15) is 5.11 Å². The van der Waals surface area contributed by atoms with Gasteiger partial charge in [0.05, 0.1) is 6.61 Å². The van der Waals surface area contributed by atoms with Crippen LogP contribution in [0.4, 0.5) is 0 Å². The van der Waals surface area contributed by atoms with Crippen molar-refractivity contribution in [2.75, 3.05) is 13.2 Å². The van der Waals surface area contributed by atoms with Gasteiger partial charge in [-0.3, -0.25) is 0 Å². The van der Waals surface area contributed by atoms with Crippen LogP contribution in [0.2, 0.25) is 0 Å². The van der Waals surface area contributed by atoms with Gasteiger partial charge in [-0.1, -0.05) is 37.3 Å². The lowest BCUT2D eigenvalue weighted by Gasteiger charge is -2.34. The standard InChI is InChI=1S/C18H24O2/c1-18(10-9-14-6-3-2-4-7-14)16(13-19)12-15-8-5-11-20-17(15)18/h2-4,6-7,16,19H,5,8-13H2,1H3. The van der Waals surface area contributed by atoms with Crippen molar-refractivity contribution in [1.29, 1.82) is 0 Å². The van der Waals surface area contributed by atoms with Gasteiger partial charge in [0.2, 0.25) is 0 Å². The van der Waals surface area contributed by atoms with Crippen LogP contribution in [0.25, 0.3) is 0 Å². The van der Waals surface area contributed by atoms with Gasteiger partial charge in [0.15, 0.2) is 0 Å². The van der Waals surface area contributed by atoms with Crippen LogP contribution < -0.4 is 0 Å². The molecule has 1 heterocycles. The molecule has 1 aliphatic heterocycles. The number of aryl methyl sites for hydroxylation is 1. The average molecular weight is 272 g/mol. The van der Waals surface area contributed by atoms with Crippen LogP contribution in [0.1, 0.15) is 38.2 Å². The number of aliphatic hydroxyl groups is 1. The minimum absolute atomic E-state index is 0.0142. The molecule has 2 atom stereocenters. The zero-order valence-electron chi connectivity index (χ0n) is 12.3. The first-order valence-corrected chi connectivity index (χ1v) is 7.74. The summed E-state index contributed by atoms with van der Waals surface area (Å²) in [5.74, 6) is 1.54. The first-order valence-electron chi connectivity index (χ1n) is 7.74. The molecule has 0 saturated heterocycles. The second-order valence-corrected chi connectivity index (χ2v) is 6.37. The van der Waals surface area contributed by atoms with E-state index in [1.54, 1.807) is 0 Å². The first kappa shape index (κ1) is 13.7. The Morgan fingerprint density at radius 1 is 1.30 bits per heavy atom. The van der Waals surface area contributed by atoms with Gasteiger partial charge in [-0.2, -0.15) is 0 Å². The Kier molecular flexibility index (Phi) is 3.84. The Morgan fingerprint density at radius 3 is 2.85 bits per heavy atom. The van der Waals surface area contributed by atoms with Gasteiger partial charge >= 0.3 is 0 Å².